The van der Waals surface area contributed by atoms with E-state index in [0.29, 0.717) is 5.57 Å². The Morgan fingerprint density at radius 1 is 1.60 bits per heavy atom. The van der Waals surface area contributed by atoms with Crippen LogP contribution < -0.4 is 0 Å². The maximum Gasteiger partial charge on any atom is 0.166 e. The van der Waals surface area contributed by atoms with Gasteiger partial charge < -0.3 is 15.3 Å². The first-order chi connectivity index (χ1) is 7.09. The molecule has 82 valence electrons. The van der Waals surface area contributed by atoms with Crippen molar-refractivity contribution in [2.24, 2.45) is 5.92 Å². The zero-order chi connectivity index (χ0) is 11.5. The summed E-state index contributed by atoms with van der Waals surface area (Å²) in [6.45, 7) is 2.54. The first-order valence-corrected chi connectivity index (χ1v) is 4.57. The van der Waals surface area contributed by atoms with Crippen molar-refractivity contribution >= 4 is 5.78 Å². The Bertz CT molecular complexity index is 329. The smallest absolute Gasteiger partial charge is 0.166 e. The average Bonchev–Trinajstić information content (AvgIpc) is 2.53. The van der Waals surface area contributed by atoms with Crippen molar-refractivity contribution in [2.75, 3.05) is 13.2 Å². The molecule has 0 saturated carbocycles. The molecule has 0 aromatic rings. The van der Waals surface area contributed by atoms with Crippen molar-refractivity contribution in [2.45, 2.75) is 5.60 Å². The van der Waals surface area contributed by atoms with Gasteiger partial charge in [0.1, 0.15) is 5.60 Å². The van der Waals surface area contributed by atoms with Gasteiger partial charge in [-0.1, -0.05) is 18.7 Å². The minimum absolute atomic E-state index is 0.325. The van der Waals surface area contributed by atoms with E-state index in [1.165, 1.54) is 24.3 Å². The van der Waals surface area contributed by atoms with Crippen LogP contribution in [0.4, 0.5) is 0 Å². The number of aliphatic hydroxyl groups excluding tert-OH is 2. The molecule has 0 spiro atoms. The summed E-state index contributed by atoms with van der Waals surface area (Å²) in [6.07, 6.45) is 5.37. The number of carbonyl (C=O) groups excluding carboxylic acids is 1. The highest BCUT2D eigenvalue weighted by Gasteiger charge is 2.44. The quantitative estimate of drug-likeness (QED) is 0.550. The molecule has 0 saturated heterocycles. The van der Waals surface area contributed by atoms with Crippen LogP contribution in [0, 0.1) is 5.92 Å². The van der Waals surface area contributed by atoms with E-state index >= 15 is 0 Å². The third kappa shape index (κ3) is 2.07. The molecule has 0 aromatic heterocycles. The van der Waals surface area contributed by atoms with Crippen molar-refractivity contribution < 1.29 is 20.1 Å². The molecule has 15 heavy (non-hydrogen) atoms. The van der Waals surface area contributed by atoms with Crippen LogP contribution in [0.15, 0.2) is 36.5 Å². The zero-order valence-corrected chi connectivity index (χ0v) is 8.26. The lowest BCUT2D eigenvalue weighted by Gasteiger charge is -2.27. The molecule has 0 aromatic carbocycles. The van der Waals surface area contributed by atoms with E-state index in [1.54, 1.807) is 0 Å². The van der Waals surface area contributed by atoms with Gasteiger partial charge in [0.05, 0.1) is 19.1 Å². The van der Waals surface area contributed by atoms with E-state index in [-0.39, 0.29) is 12.4 Å². The topological polar surface area (TPSA) is 77.8 Å². The fraction of sp³-hybridized carbons (Fsp3) is 0.364. The Labute approximate surface area is 87.9 Å². The lowest BCUT2D eigenvalue weighted by Crippen LogP contribution is -2.41. The van der Waals surface area contributed by atoms with Crippen LogP contribution in [0.1, 0.15) is 0 Å². The summed E-state index contributed by atoms with van der Waals surface area (Å²) in [5.74, 6) is -1.24. The third-order valence-corrected chi connectivity index (χ3v) is 2.46. The summed E-state index contributed by atoms with van der Waals surface area (Å²) in [6, 6.07) is 0. The van der Waals surface area contributed by atoms with Crippen molar-refractivity contribution in [1.82, 2.24) is 0 Å². The lowest BCUT2D eigenvalue weighted by atomic mass is 9.84. The molecule has 0 aliphatic heterocycles. The van der Waals surface area contributed by atoms with Crippen LogP contribution in [0.3, 0.4) is 0 Å². The predicted molar refractivity (Wildman–Crippen MR) is 55.0 cm³/mol. The number of aliphatic hydroxyl groups is 3. The largest absolute Gasteiger partial charge is 0.393 e. The van der Waals surface area contributed by atoms with Gasteiger partial charge in [-0.2, -0.15) is 0 Å². The maximum atomic E-state index is 11.5. The Hall–Kier alpha value is -1.23. The Balaban J connectivity index is 3.06. The molecule has 0 fully saturated rings. The molecular weight excluding hydrogens is 196 g/mol. The second kappa shape index (κ2) is 4.53. The molecule has 0 bridgehead atoms. The van der Waals surface area contributed by atoms with E-state index < -0.39 is 18.1 Å². The molecule has 1 rings (SSSR count). The molecule has 0 heterocycles. The van der Waals surface area contributed by atoms with Gasteiger partial charge in [0.25, 0.3) is 0 Å². The van der Waals surface area contributed by atoms with Gasteiger partial charge in [0.15, 0.2) is 5.78 Å². The first kappa shape index (κ1) is 11.8. The third-order valence-electron chi connectivity index (χ3n) is 2.46. The molecule has 3 N–H and O–H groups in total. The van der Waals surface area contributed by atoms with Gasteiger partial charge in [-0.05, 0) is 17.7 Å². The van der Waals surface area contributed by atoms with E-state index in [9.17, 15) is 9.90 Å². The molecule has 0 radical (unpaired) electrons. The molecule has 0 amide bonds. The van der Waals surface area contributed by atoms with Crippen molar-refractivity contribution in [3.63, 3.8) is 0 Å². The van der Waals surface area contributed by atoms with Gasteiger partial charge in [-0.3, -0.25) is 4.79 Å². The SMILES string of the molecule is C=C/C=C(/CO)[C@H]1C(=O)C=C[C@@]1(O)CO. The molecule has 2 atom stereocenters. The normalized spacial score (nSPS) is 31.0. The average molecular weight is 210 g/mol. The maximum absolute atomic E-state index is 11.5. The van der Waals surface area contributed by atoms with E-state index in [0.717, 1.165) is 0 Å². The molecule has 1 aliphatic carbocycles. The number of carbonyl (C=O) groups is 1. The van der Waals surface area contributed by atoms with Crippen LogP contribution in [0.5, 0.6) is 0 Å². The van der Waals surface area contributed by atoms with E-state index in [1.807, 2.05) is 0 Å². The highest BCUT2D eigenvalue weighted by Crippen LogP contribution is 2.32. The number of ketones is 1. The fourth-order valence-electron chi connectivity index (χ4n) is 1.70. The molecule has 0 unspecified atom stereocenters. The number of rotatable bonds is 4. The fourth-order valence-corrected chi connectivity index (χ4v) is 1.70. The van der Waals surface area contributed by atoms with Gasteiger partial charge in [0, 0.05) is 0 Å². The highest BCUT2D eigenvalue weighted by molar-refractivity contribution is 5.98. The summed E-state index contributed by atoms with van der Waals surface area (Å²) < 4.78 is 0. The van der Waals surface area contributed by atoms with Gasteiger partial charge in [-0.15, -0.1) is 0 Å². The van der Waals surface area contributed by atoms with Gasteiger partial charge >= 0.3 is 0 Å². The minimum Gasteiger partial charge on any atom is -0.393 e. The van der Waals surface area contributed by atoms with Crippen LogP contribution in [0.25, 0.3) is 0 Å². The molecule has 4 nitrogen and oxygen atoms in total. The first-order valence-electron chi connectivity index (χ1n) is 4.57. The monoisotopic (exact) mass is 210 g/mol. The van der Waals surface area contributed by atoms with Crippen molar-refractivity contribution in [3.8, 4) is 0 Å². The minimum atomic E-state index is -1.60. The molecular formula is C11H14O4. The van der Waals surface area contributed by atoms with Crippen LogP contribution >= 0.6 is 0 Å². The number of hydrogen-bond acceptors (Lipinski definition) is 4. The summed E-state index contributed by atoms with van der Waals surface area (Å²) in [7, 11) is 0. The standard InChI is InChI=1S/C11H14O4/c1-2-3-8(6-12)10-9(14)4-5-11(10,15)7-13/h2-5,10,12-13,15H,1,6-7H2/b8-3-/t10-,11+/m0/s1. The predicted octanol–water partition coefficient (Wildman–Crippen LogP) is -0.430. The second-order valence-electron chi connectivity index (χ2n) is 3.45. The summed E-state index contributed by atoms with van der Waals surface area (Å²) in [5.41, 5.74) is -1.26. The van der Waals surface area contributed by atoms with Gasteiger partial charge in [0.2, 0.25) is 0 Å². The summed E-state index contributed by atoms with van der Waals surface area (Å²) in [5, 5.41) is 28.0. The van der Waals surface area contributed by atoms with Crippen molar-refractivity contribution in [1.29, 1.82) is 0 Å². The molecule has 1 aliphatic rings. The Kier molecular flexibility index (Phi) is 3.57. The van der Waals surface area contributed by atoms with E-state index in [2.05, 4.69) is 6.58 Å². The highest BCUT2D eigenvalue weighted by atomic mass is 16.3. The van der Waals surface area contributed by atoms with Gasteiger partial charge in [-0.25, -0.2) is 0 Å². The van der Waals surface area contributed by atoms with Crippen LogP contribution in [0.2, 0.25) is 0 Å². The Morgan fingerprint density at radius 2 is 2.27 bits per heavy atom. The number of hydrogen-bond donors (Lipinski definition) is 3. The van der Waals surface area contributed by atoms with Crippen LogP contribution in [-0.4, -0.2) is 39.9 Å². The molecule has 4 heteroatoms. The second-order valence-corrected chi connectivity index (χ2v) is 3.45. The zero-order valence-electron chi connectivity index (χ0n) is 8.26. The Morgan fingerprint density at radius 3 is 2.73 bits per heavy atom. The summed E-state index contributed by atoms with van der Waals surface area (Å²) in [4.78, 5) is 11.5. The van der Waals surface area contributed by atoms with E-state index in [4.69, 9.17) is 10.2 Å². The van der Waals surface area contributed by atoms with Crippen molar-refractivity contribution in [3.05, 3.63) is 36.5 Å². The number of allylic oxidation sites excluding steroid dienone is 3. The summed E-state index contributed by atoms with van der Waals surface area (Å²) >= 11 is 0. The van der Waals surface area contributed by atoms with Crippen LogP contribution in [-0.2, 0) is 4.79 Å². The lowest BCUT2D eigenvalue weighted by molar-refractivity contribution is -0.122.